The van der Waals surface area contributed by atoms with Crippen molar-refractivity contribution in [2.24, 2.45) is 11.8 Å². The van der Waals surface area contributed by atoms with Crippen LogP contribution in [0.4, 0.5) is 0 Å². The molecule has 3 rings (SSSR count). The summed E-state index contributed by atoms with van der Waals surface area (Å²) in [7, 11) is 0. The number of hydrogen-bond acceptors (Lipinski definition) is 2. The van der Waals surface area contributed by atoms with Gasteiger partial charge in [0.15, 0.2) is 0 Å². The Hall–Kier alpha value is -1.06. The molecule has 28 heavy (non-hydrogen) atoms. The van der Waals surface area contributed by atoms with Crippen molar-refractivity contribution in [3.05, 3.63) is 0 Å². The third kappa shape index (κ3) is 5.97. The van der Waals surface area contributed by atoms with Gasteiger partial charge in [0, 0.05) is 38.0 Å². The highest BCUT2D eigenvalue weighted by atomic mass is 16.2. The Labute approximate surface area is 172 Å². The fourth-order valence-electron chi connectivity index (χ4n) is 5.72. The van der Waals surface area contributed by atoms with Gasteiger partial charge in [0.05, 0.1) is 0 Å². The average Bonchev–Trinajstić information content (AvgIpc) is 2.73. The minimum atomic E-state index is 0.147. The first-order chi connectivity index (χ1) is 13.5. The second-order valence-electron chi connectivity index (χ2n) is 9.88. The van der Waals surface area contributed by atoms with E-state index in [1.54, 1.807) is 0 Å². The number of rotatable bonds is 6. The van der Waals surface area contributed by atoms with Gasteiger partial charge in [0.25, 0.3) is 0 Å². The lowest BCUT2D eigenvalue weighted by Crippen LogP contribution is -2.59. The molecule has 1 aliphatic heterocycles. The summed E-state index contributed by atoms with van der Waals surface area (Å²) in [6.07, 6.45) is 16.8. The zero-order chi connectivity index (χ0) is 19.9. The Morgan fingerprint density at radius 3 is 1.36 bits per heavy atom. The summed E-state index contributed by atoms with van der Waals surface area (Å²) in [5.74, 6) is 2.12. The average molecular weight is 391 g/mol. The Morgan fingerprint density at radius 2 is 1.00 bits per heavy atom. The highest BCUT2D eigenvalue weighted by molar-refractivity contribution is 5.79. The molecule has 0 radical (unpaired) electrons. The summed E-state index contributed by atoms with van der Waals surface area (Å²) < 4.78 is 0. The van der Waals surface area contributed by atoms with Gasteiger partial charge < -0.3 is 9.80 Å². The predicted molar refractivity (Wildman–Crippen MR) is 114 cm³/mol. The van der Waals surface area contributed by atoms with Gasteiger partial charge in [-0.05, 0) is 38.5 Å². The van der Waals surface area contributed by atoms with Crippen molar-refractivity contribution in [1.29, 1.82) is 0 Å². The number of piperazine rings is 1. The fraction of sp³-hybridized carbons (Fsp3) is 0.917. The van der Waals surface area contributed by atoms with Gasteiger partial charge in [0.1, 0.15) is 0 Å². The topological polar surface area (TPSA) is 40.6 Å². The second-order valence-corrected chi connectivity index (χ2v) is 9.88. The van der Waals surface area contributed by atoms with Crippen LogP contribution >= 0.6 is 0 Å². The van der Waals surface area contributed by atoms with Crippen molar-refractivity contribution < 1.29 is 9.59 Å². The molecule has 1 heterocycles. The third-order valence-corrected chi connectivity index (χ3v) is 7.61. The monoisotopic (exact) mass is 390 g/mol. The van der Waals surface area contributed by atoms with Crippen LogP contribution in [0.5, 0.6) is 0 Å². The normalized spacial score (nSPS) is 27.8. The molecule has 160 valence electrons. The first-order valence-corrected chi connectivity index (χ1v) is 12.1. The molecule has 0 aromatic heterocycles. The molecule has 4 heteroatoms. The molecule has 2 saturated carbocycles. The second kappa shape index (κ2) is 10.6. The maximum Gasteiger partial charge on any atom is 0.222 e. The molecule has 2 atom stereocenters. The van der Waals surface area contributed by atoms with Crippen LogP contribution in [0.1, 0.15) is 104 Å². The van der Waals surface area contributed by atoms with Gasteiger partial charge in [-0.2, -0.15) is 0 Å². The van der Waals surface area contributed by atoms with Gasteiger partial charge in [-0.15, -0.1) is 0 Å². The summed E-state index contributed by atoms with van der Waals surface area (Å²) in [5, 5.41) is 0. The molecule has 3 fully saturated rings. The van der Waals surface area contributed by atoms with Crippen LogP contribution in [0.25, 0.3) is 0 Å². The van der Waals surface area contributed by atoms with E-state index >= 15 is 0 Å². The van der Waals surface area contributed by atoms with Crippen LogP contribution in [0.15, 0.2) is 0 Å². The summed E-state index contributed by atoms with van der Waals surface area (Å²) in [6.45, 7) is 5.65. The number of amides is 2. The van der Waals surface area contributed by atoms with E-state index in [0.717, 1.165) is 24.7 Å². The first kappa shape index (κ1) is 21.6. The molecule has 0 aromatic rings. The number of nitrogens with zero attached hydrogens (tertiary/aromatic N) is 2. The van der Waals surface area contributed by atoms with Crippen molar-refractivity contribution in [2.75, 3.05) is 13.1 Å². The maximum absolute atomic E-state index is 12.8. The Kier molecular flexibility index (Phi) is 8.23. The van der Waals surface area contributed by atoms with E-state index in [2.05, 4.69) is 23.6 Å². The minimum Gasteiger partial charge on any atom is -0.336 e. The van der Waals surface area contributed by atoms with Crippen LogP contribution in [-0.4, -0.2) is 46.8 Å². The lowest BCUT2D eigenvalue weighted by atomic mass is 9.86. The largest absolute Gasteiger partial charge is 0.336 e. The quantitative estimate of drug-likeness (QED) is 0.629. The molecule has 4 nitrogen and oxygen atoms in total. The summed E-state index contributed by atoms with van der Waals surface area (Å²) in [5.41, 5.74) is 0. The zero-order valence-corrected chi connectivity index (χ0v) is 18.3. The van der Waals surface area contributed by atoms with Crippen molar-refractivity contribution in [2.45, 2.75) is 116 Å². The Morgan fingerprint density at radius 1 is 0.643 bits per heavy atom. The first-order valence-electron chi connectivity index (χ1n) is 12.1. The van der Waals surface area contributed by atoms with E-state index in [4.69, 9.17) is 0 Å². The van der Waals surface area contributed by atoms with Gasteiger partial charge in [-0.25, -0.2) is 0 Å². The van der Waals surface area contributed by atoms with Crippen LogP contribution in [0, 0.1) is 11.8 Å². The van der Waals surface area contributed by atoms with Crippen LogP contribution in [-0.2, 0) is 9.59 Å². The molecular formula is C24H42N2O2. The SMILES string of the molecule is C[C@@H]1CN(C(=O)CCC2CCCCC2)[C@H](C)CN1C(=O)CCC1CCCCC1. The van der Waals surface area contributed by atoms with E-state index < -0.39 is 0 Å². The lowest BCUT2D eigenvalue weighted by molar-refractivity contribution is -0.146. The maximum atomic E-state index is 12.8. The lowest BCUT2D eigenvalue weighted by Gasteiger charge is -2.44. The van der Waals surface area contributed by atoms with Crippen molar-refractivity contribution >= 4 is 11.8 Å². The van der Waals surface area contributed by atoms with Gasteiger partial charge in [-0.1, -0.05) is 64.2 Å². The molecule has 0 bridgehead atoms. The summed E-state index contributed by atoms with van der Waals surface area (Å²) in [6, 6.07) is 0.294. The van der Waals surface area contributed by atoms with E-state index in [9.17, 15) is 9.59 Å². The minimum absolute atomic E-state index is 0.147. The zero-order valence-electron chi connectivity index (χ0n) is 18.3. The van der Waals surface area contributed by atoms with Crippen LogP contribution in [0.3, 0.4) is 0 Å². The highest BCUT2D eigenvalue weighted by Crippen LogP contribution is 2.29. The van der Waals surface area contributed by atoms with Gasteiger partial charge in [0.2, 0.25) is 11.8 Å². The Bertz CT molecular complexity index is 463. The molecular weight excluding hydrogens is 348 g/mol. The molecule has 2 amide bonds. The molecule has 3 aliphatic rings. The molecule has 0 N–H and O–H groups in total. The molecule has 2 aliphatic carbocycles. The number of carbonyl (C=O) groups is 2. The molecule has 0 spiro atoms. The van der Waals surface area contributed by atoms with Crippen molar-refractivity contribution in [3.63, 3.8) is 0 Å². The van der Waals surface area contributed by atoms with E-state index in [-0.39, 0.29) is 12.1 Å². The number of carbonyl (C=O) groups excluding carboxylic acids is 2. The standard InChI is InChI=1S/C24H42N2O2/c1-19-17-26(24(28)16-14-22-11-7-4-8-12-22)20(2)18-25(19)23(27)15-13-21-9-5-3-6-10-21/h19-22H,3-18H2,1-2H3/t19-,20-/m1/s1. The van der Waals surface area contributed by atoms with Gasteiger partial charge in [-0.3, -0.25) is 9.59 Å². The predicted octanol–water partition coefficient (Wildman–Crippen LogP) is 5.16. The Balaban J connectivity index is 1.43. The highest BCUT2D eigenvalue weighted by Gasteiger charge is 2.34. The van der Waals surface area contributed by atoms with E-state index in [1.165, 1.54) is 64.2 Å². The van der Waals surface area contributed by atoms with E-state index in [0.29, 0.717) is 37.7 Å². The smallest absolute Gasteiger partial charge is 0.222 e. The molecule has 0 aromatic carbocycles. The summed E-state index contributed by atoms with van der Waals surface area (Å²) >= 11 is 0. The van der Waals surface area contributed by atoms with Crippen molar-refractivity contribution in [1.82, 2.24) is 9.80 Å². The number of hydrogen-bond donors (Lipinski definition) is 0. The van der Waals surface area contributed by atoms with E-state index in [1.807, 2.05) is 0 Å². The molecule has 1 saturated heterocycles. The van der Waals surface area contributed by atoms with Gasteiger partial charge >= 0.3 is 0 Å². The van der Waals surface area contributed by atoms with Crippen molar-refractivity contribution in [3.8, 4) is 0 Å². The fourth-order valence-corrected chi connectivity index (χ4v) is 5.72. The summed E-state index contributed by atoms with van der Waals surface area (Å²) in [4.78, 5) is 29.8. The molecule has 0 unspecified atom stereocenters. The van der Waals surface area contributed by atoms with Crippen LogP contribution < -0.4 is 0 Å². The van der Waals surface area contributed by atoms with Crippen LogP contribution in [0.2, 0.25) is 0 Å². The third-order valence-electron chi connectivity index (χ3n) is 7.61.